The highest BCUT2D eigenvalue weighted by atomic mass is 16.6. The van der Waals surface area contributed by atoms with Gasteiger partial charge in [0, 0.05) is 18.1 Å². The van der Waals surface area contributed by atoms with Crippen LogP contribution >= 0.6 is 0 Å². The van der Waals surface area contributed by atoms with Crippen molar-refractivity contribution in [2.24, 2.45) is 0 Å². The van der Waals surface area contributed by atoms with Gasteiger partial charge in [-0.3, -0.25) is 10.1 Å². The molecule has 1 aromatic rings. The maximum absolute atomic E-state index is 10.9. The standard InChI is InChI=1S/C11H15NO5/c1-7(6-13)8-4-10(16-2)11(17-3)5-9(8)12(14)15/h4-5,7,13H,6H2,1-3H3. The smallest absolute Gasteiger partial charge is 0.276 e. The molecule has 94 valence electrons. The molecule has 0 spiro atoms. The highest BCUT2D eigenvalue weighted by Crippen LogP contribution is 2.37. The van der Waals surface area contributed by atoms with Crippen LogP contribution in [0.2, 0.25) is 0 Å². The largest absolute Gasteiger partial charge is 0.493 e. The van der Waals surface area contributed by atoms with Gasteiger partial charge in [0.25, 0.3) is 5.69 Å². The quantitative estimate of drug-likeness (QED) is 0.626. The second-order valence-corrected chi connectivity index (χ2v) is 3.61. The zero-order valence-electron chi connectivity index (χ0n) is 9.97. The summed E-state index contributed by atoms with van der Waals surface area (Å²) in [6.45, 7) is 1.53. The molecule has 1 N–H and O–H groups in total. The molecule has 0 aliphatic rings. The fourth-order valence-electron chi connectivity index (χ4n) is 1.54. The van der Waals surface area contributed by atoms with E-state index in [1.165, 1.54) is 26.4 Å². The van der Waals surface area contributed by atoms with Gasteiger partial charge >= 0.3 is 0 Å². The van der Waals surface area contributed by atoms with Crippen LogP contribution in [0.5, 0.6) is 11.5 Å². The first kappa shape index (κ1) is 13.2. The van der Waals surface area contributed by atoms with Crippen molar-refractivity contribution in [2.75, 3.05) is 20.8 Å². The first-order valence-electron chi connectivity index (χ1n) is 5.06. The summed E-state index contributed by atoms with van der Waals surface area (Å²) in [5.74, 6) is 0.372. The van der Waals surface area contributed by atoms with Gasteiger partial charge in [0.2, 0.25) is 0 Å². The molecule has 0 saturated heterocycles. The molecule has 0 aliphatic heterocycles. The minimum absolute atomic E-state index is 0.0794. The predicted octanol–water partition coefficient (Wildman–Crippen LogP) is 1.71. The van der Waals surface area contributed by atoms with Crippen LogP contribution in [-0.2, 0) is 0 Å². The van der Waals surface area contributed by atoms with E-state index >= 15 is 0 Å². The predicted molar refractivity (Wildman–Crippen MR) is 61.7 cm³/mol. The van der Waals surface area contributed by atoms with Gasteiger partial charge in [0.15, 0.2) is 11.5 Å². The van der Waals surface area contributed by atoms with Crippen molar-refractivity contribution in [1.82, 2.24) is 0 Å². The first-order chi connectivity index (χ1) is 8.04. The number of hydrogen-bond acceptors (Lipinski definition) is 5. The van der Waals surface area contributed by atoms with Gasteiger partial charge in [-0.15, -0.1) is 0 Å². The molecule has 0 bridgehead atoms. The highest BCUT2D eigenvalue weighted by molar-refractivity contribution is 5.55. The average Bonchev–Trinajstić information content (AvgIpc) is 2.35. The summed E-state index contributed by atoms with van der Waals surface area (Å²) in [6, 6.07) is 2.83. The Labute approximate surface area is 98.9 Å². The Balaban J connectivity index is 3.40. The first-order valence-corrected chi connectivity index (χ1v) is 5.06. The van der Waals surface area contributed by atoms with Gasteiger partial charge in [-0.05, 0) is 6.07 Å². The number of nitro benzene ring substituents is 1. The van der Waals surface area contributed by atoms with Crippen LogP contribution < -0.4 is 9.47 Å². The number of ether oxygens (including phenoxy) is 2. The van der Waals surface area contributed by atoms with Crippen LogP contribution in [0.3, 0.4) is 0 Å². The van der Waals surface area contributed by atoms with Crippen LogP contribution in [0.25, 0.3) is 0 Å². The third-order valence-electron chi connectivity index (χ3n) is 2.53. The number of nitro groups is 1. The molecular formula is C11H15NO5. The van der Waals surface area contributed by atoms with Crippen molar-refractivity contribution in [3.8, 4) is 11.5 Å². The maximum Gasteiger partial charge on any atom is 0.276 e. The van der Waals surface area contributed by atoms with Crippen LogP contribution in [0, 0.1) is 10.1 Å². The minimum atomic E-state index is -0.497. The Bertz CT molecular complexity index is 419. The van der Waals surface area contributed by atoms with Gasteiger partial charge in [-0.25, -0.2) is 0 Å². The molecule has 0 saturated carbocycles. The van der Waals surface area contributed by atoms with Gasteiger partial charge in [0.05, 0.1) is 25.2 Å². The van der Waals surface area contributed by atoms with Gasteiger partial charge < -0.3 is 14.6 Å². The Morgan fingerprint density at radius 2 is 1.88 bits per heavy atom. The molecule has 0 amide bonds. The monoisotopic (exact) mass is 241 g/mol. The third kappa shape index (κ3) is 2.65. The van der Waals surface area contributed by atoms with Crippen LogP contribution in [0.4, 0.5) is 5.69 Å². The number of methoxy groups -OCH3 is 2. The summed E-state index contributed by atoms with van der Waals surface area (Å²) in [6.07, 6.45) is 0. The van der Waals surface area contributed by atoms with E-state index in [2.05, 4.69) is 0 Å². The van der Waals surface area contributed by atoms with E-state index < -0.39 is 4.92 Å². The van der Waals surface area contributed by atoms with Crippen molar-refractivity contribution < 1.29 is 19.5 Å². The zero-order valence-corrected chi connectivity index (χ0v) is 9.97. The number of nitrogens with zero attached hydrogens (tertiary/aromatic N) is 1. The summed E-state index contributed by atoms with van der Waals surface area (Å²) in [4.78, 5) is 10.4. The number of rotatable bonds is 5. The number of hydrogen-bond donors (Lipinski definition) is 1. The highest BCUT2D eigenvalue weighted by Gasteiger charge is 2.22. The van der Waals surface area contributed by atoms with E-state index in [0.29, 0.717) is 17.1 Å². The summed E-state index contributed by atoms with van der Waals surface area (Å²) >= 11 is 0. The third-order valence-corrected chi connectivity index (χ3v) is 2.53. The topological polar surface area (TPSA) is 81.8 Å². The lowest BCUT2D eigenvalue weighted by Crippen LogP contribution is -2.05. The Morgan fingerprint density at radius 1 is 1.35 bits per heavy atom. The second-order valence-electron chi connectivity index (χ2n) is 3.61. The molecule has 1 atom stereocenters. The SMILES string of the molecule is COc1cc(C(C)CO)c([N+](=O)[O-])cc1OC. The summed E-state index contributed by atoms with van der Waals surface area (Å²) in [5.41, 5.74) is 0.347. The van der Waals surface area contributed by atoms with Crippen LogP contribution in [-0.4, -0.2) is 30.9 Å². The van der Waals surface area contributed by atoms with E-state index in [1.54, 1.807) is 6.92 Å². The lowest BCUT2D eigenvalue weighted by molar-refractivity contribution is -0.385. The Morgan fingerprint density at radius 3 is 2.29 bits per heavy atom. The van der Waals surface area contributed by atoms with Crippen LogP contribution in [0.15, 0.2) is 12.1 Å². The average molecular weight is 241 g/mol. The molecule has 6 nitrogen and oxygen atoms in total. The molecule has 1 rings (SSSR count). The fraction of sp³-hybridized carbons (Fsp3) is 0.455. The van der Waals surface area contributed by atoms with Gasteiger partial charge in [0.1, 0.15) is 0 Å². The van der Waals surface area contributed by atoms with Crippen LogP contribution in [0.1, 0.15) is 18.4 Å². The van der Waals surface area contributed by atoms with E-state index in [0.717, 1.165) is 0 Å². The molecule has 17 heavy (non-hydrogen) atoms. The molecule has 1 aromatic carbocycles. The summed E-state index contributed by atoms with van der Waals surface area (Å²) in [7, 11) is 2.87. The minimum Gasteiger partial charge on any atom is -0.493 e. The van der Waals surface area contributed by atoms with Crippen molar-refractivity contribution in [3.63, 3.8) is 0 Å². The number of aliphatic hydroxyl groups is 1. The lowest BCUT2D eigenvalue weighted by atomic mass is 9.99. The normalized spacial score (nSPS) is 12.0. The van der Waals surface area contributed by atoms with Crippen molar-refractivity contribution in [1.29, 1.82) is 0 Å². The number of aliphatic hydroxyl groups excluding tert-OH is 1. The van der Waals surface area contributed by atoms with Crippen molar-refractivity contribution in [3.05, 3.63) is 27.8 Å². The fourth-order valence-corrected chi connectivity index (χ4v) is 1.54. The van der Waals surface area contributed by atoms with Gasteiger partial charge in [-0.2, -0.15) is 0 Å². The van der Waals surface area contributed by atoms with E-state index in [9.17, 15) is 10.1 Å². The van der Waals surface area contributed by atoms with Crippen molar-refractivity contribution in [2.45, 2.75) is 12.8 Å². The lowest BCUT2D eigenvalue weighted by Gasteiger charge is -2.13. The zero-order chi connectivity index (χ0) is 13.0. The molecule has 0 aromatic heterocycles. The molecule has 0 fully saturated rings. The molecule has 1 unspecified atom stereocenters. The molecule has 6 heteroatoms. The Kier molecular flexibility index (Phi) is 4.28. The van der Waals surface area contributed by atoms with E-state index in [1.807, 2.05) is 0 Å². The number of benzene rings is 1. The molecular weight excluding hydrogens is 226 g/mol. The molecule has 0 heterocycles. The Hall–Kier alpha value is -1.82. The summed E-state index contributed by atoms with van der Waals surface area (Å²) in [5, 5.41) is 20.0. The van der Waals surface area contributed by atoms with Crippen molar-refractivity contribution >= 4 is 5.69 Å². The second kappa shape index (κ2) is 5.49. The molecule has 0 radical (unpaired) electrons. The molecule has 0 aliphatic carbocycles. The van der Waals surface area contributed by atoms with E-state index in [-0.39, 0.29) is 18.2 Å². The van der Waals surface area contributed by atoms with E-state index in [4.69, 9.17) is 14.6 Å². The summed E-state index contributed by atoms with van der Waals surface area (Å²) < 4.78 is 10.1. The van der Waals surface area contributed by atoms with Gasteiger partial charge in [-0.1, -0.05) is 6.92 Å². The maximum atomic E-state index is 10.9.